The van der Waals surface area contributed by atoms with Crippen molar-refractivity contribution in [2.24, 2.45) is 5.41 Å². The van der Waals surface area contributed by atoms with Crippen LogP contribution in [0.3, 0.4) is 0 Å². The highest BCUT2D eigenvalue weighted by Crippen LogP contribution is 2.47. The SMILES string of the molecule is O=C(OCc1ccccc1)N1CC2(CCCC2)CC1CO. The lowest BCUT2D eigenvalue weighted by atomic mass is 9.84. The topological polar surface area (TPSA) is 49.8 Å². The van der Waals surface area contributed by atoms with Gasteiger partial charge in [-0.3, -0.25) is 0 Å². The third-order valence-corrected chi connectivity index (χ3v) is 4.93. The van der Waals surface area contributed by atoms with Crippen LogP contribution < -0.4 is 0 Å². The molecule has 1 N–H and O–H groups in total. The average molecular weight is 289 g/mol. The summed E-state index contributed by atoms with van der Waals surface area (Å²) >= 11 is 0. The predicted molar refractivity (Wildman–Crippen MR) is 79.7 cm³/mol. The van der Waals surface area contributed by atoms with Gasteiger partial charge in [0.15, 0.2) is 0 Å². The minimum Gasteiger partial charge on any atom is -0.445 e. The van der Waals surface area contributed by atoms with Gasteiger partial charge >= 0.3 is 6.09 Å². The lowest BCUT2D eigenvalue weighted by Gasteiger charge is -2.24. The smallest absolute Gasteiger partial charge is 0.410 e. The first-order chi connectivity index (χ1) is 10.2. The molecule has 114 valence electrons. The Labute approximate surface area is 125 Å². The summed E-state index contributed by atoms with van der Waals surface area (Å²) in [6, 6.07) is 9.62. The van der Waals surface area contributed by atoms with Crippen molar-refractivity contribution in [1.29, 1.82) is 0 Å². The Balaban J connectivity index is 1.60. The summed E-state index contributed by atoms with van der Waals surface area (Å²) in [5.74, 6) is 0. The summed E-state index contributed by atoms with van der Waals surface area (Å²) in [4.78, 5) is 14.1. The lowest BCUT2D eigenvalue weighted by molar-refractivity contribution is 0.0779. The first kappa shape index (κ1) is 14.4. The van der Waals surface area contributed by atoms with Gasteiger partial charge in [-0.05, 0) is 30.2 Å². The second kappa shape index (κ2) is 6.06. The molecule has 1 aliphatic heterocycles. The second-order valence-corrected chi connectivity index (χ2v) is 6.42. The molecule has 1 unspecified atom stereocenters. The lowest BCUT2D eigenvalue weighted by Crippen LogP contribution is -2.38. The van der Waals surface area contributed by atoms with Crippen LogP contribution in [0.2, 0.25) is 0 Å². The van der Waals surface area contributed by atoms with E-state index in [9.17, 15) is 9.90 Å². The van der Waals surface area contributed by atoms with E-state index in [2.05, 4.69) is 0 Å². The number of amides is 1. The number of ether oxygens (including phenoxy) is 1. The molecule has 21 heavy (non-hydrogen) atoms. The molecule has 2 aliphatic rings. The molecule has 1 saturated carbocycles. The number of hydrogen-bond donors (Lipinski definition) is 1. The van der Waals surface area contributed by atoms with Crippen molar-refractivity contribution < 1.29 is 14.6 Å². The normalized spacial score (nSPS) is 23.7. The molecule has 3 rings (SSSR count). The van der Waals surface area contributed by atoms with E-state index in [0.717, 1.165) is 18.5 Å². The van der Waals surface area contributed by atoms with E-state index >= 15 is 0 Å². The third-order valence-electron chi connectivity index (χ3n) is 4.93. The van der Waals surface area contributed by atoms with E-state index in [1.165, 1.54) is 25.7 Å². The minimum absolute atomic E-state index is 0.0299. The average Bonchev–Trinajstić information content (AvgIpc) is 3.13. The van der Waals surface area contributed by atoms with Gasteiger partial charge in [-0.15, -0.1) is 0 Å². The number of benzene rings is 1. The van der Waals surface area contributed by atoms with Crippen molar-refractivity contribution in [2.75, 3.05) is 13.2 Å². The standard InChI is InChI=1S/C17H23NO3/c19-11-15-10-17(8-4-5-9-17)13-18(15)16(20)21-12-14-6-2-1-3-7-14/h1-3,6-7,15,19H,4-5,8-13H2. The number of aliphatic hydroxyl groups excluding tert-OH is 1. The van der Waals surface area contributed by atoms with E-state index < -0.39 is 0 Å². The summed E-state index contributed by atoms with van der Waals surface area (Å²) in [7, 11) is 0. The van der Waals surface area contributed by atoms with Crippen molar-refractivity contribution >= 4 is 6.09 Å². The van der Waals surface area contributed by atoms with Crippen LogP contribution in [0.4, 0.5) is 4.79 Å². The van der Waals surface area contributed by atoms with E-state index in [4.69, 9.17) is 4.74 Å². The highest BCUT2D eigenvalue weighted by molar-refractivity contribution is 5.68. The molecule has 0 aromatic heterocycles. The third kappa shape index (κ3) is 3.05. The molecule has 0 radical (unpaired) electrons. The Hall–Kier alpha value is -1.55. The van der Waals surface area contributed by atoms with Gasteiger partial charge in [-0.25, -0.2) is 4.79 Å². The highest BCUT2D eigenvalue weighted by Gasteiger charge is 2.47. The van der Waals surface area contributed by atoms with Gasteiger partial charge in [0.2, 0.25) is 0 Å². The predicted octanol–water partition coefficient (Wildman–Crippen LogP) is 2.95. The van der Waals surface area contributed by atoms with Crippen molar-refractivity contribution in [1.82, 2.24) is 4.90 Å². The van der Waals surface area contributed by atoms with Gasteiger partial charge in [-0.2, -0.15) is 0 Å². The van der Waals surface area contributed by atoms with Gasteiger partial charge in [0, 0.05) is 6.54 Å². The van der Waals surface area contributed by atoms with Crippen LogP contribution in [0.25, 0.3) is 0 Å². The number of carbonyl (C=O) groups excluding carboxylic acids is 1. The quantitative estimate of drug-likeness (QED) is 0.930. The van der Waals surface area contributed by atoms with Crippen LogP contribution in [0.5, 0.6) is 0 Å². The van der Waals surface area contributed by atoms with Crippen LogP contribution in [0.1, 0.15) is 37.7 Å². The zero-order valence-corrected chi connectivity index (χ0v) is 12.3. The van der Waals surface area contributed by atoms with Crippen LogP contribution in [0.15, 0.2) is 30.3 Å². The first-order valence-electron chi connectivity index (χ1n) is 7.81. The van der Waals surface area contributed by atoms with Crippen LogP contribution in [-0.2, 0) is 11.3 Å². The molecular weight excluding hydrogens is 266 g/mol. The van der Waals surface area contributed by atoms with Crippen LogP contribution in [0, 0.1) is 5.41 Å². The van der Waals surface area contributed by atoms with E-state index in [0.29, 0.717) is 6.61 Å². The first-order valence-corrected chi connectivity index (χ1v) is 7.81. The summed E-state index contributed by atoms with van der Waals surface area (Å²) in [6.07, 6.45) is 5.46. The van der Waals surface area contributed by atoms with Crippen molar-refractivity contribution in [3.63, 3.8) is 0 Å². The molecule has 1 aliphatic carbocycles. The molecule has 1 atom stereocenters. The molecule has 1 aromatic rings. The van der Waals surface area contributed by atoms with Gasteiger partial charge < -0.3 is 14.7 Å². The fourth-order valence-electron chi connectivity index (χ4n) is 3.83. The minimum atomic E-state index is -0.290. The van der Waals surface area contributed by atoms with E-state index in [1.807, 2.05) is 30.3 Å². The highest BCUT2D eigenvalue weighted by atomic mass is 16.6. The second-order valence-electron chi connectivity index (χ2n) is 6.42. The maximum absolute atomic E-state index is 12.3. The largest absolute Gasteiger partial charge is 0.445 e. The van der Waals surface area contributed by atoms with Crippen LogP contribution >= 0.6 is 0 Å². The number of rotatable bonds is 3. The van der Waals surface area contributed by atoms with E-state index in [1.54, 1.807) is 4.90 Å². The van der Waals surface area contributed by atoms with Crippen molar-refractivity contribution in [2.45, 2.75) is 44.8 Å². The molecule has 2 fully saturated rings. The fourth-order valence-corrected chi connectivity index (χ4v) is 3.83. The Kier molecular flexibility index (Phi) is 4.15. The Bertz CT molecular complexity index is 482. The number of carbonyl (C=O) groups is 1. The van der Waals surface area contributed by atoms with Gasteiger partial charge in [0.25, 0.3) is 0 Å². The summed E-state index contributed by atoms with van der Waals surface area (Å²) in [5, 5.41) is 9.56. The van der Waals surface area contributed by atoms with E-state index in [-0.39, 0.29) is 24.2 Å². The van der Waals surface area contributed by atoms with Crippen LogP contribution in [-0.4, -0.2) is 35.3 Å². The number of hydrogen-bond acceptors (Lipinski definition) is 3. The number of aliphatic hydroxyl groups is 1. The molecule has 1 aromatic carbocycles. The Morgan fingerprint density at radius 1 is 1.29 bits per heavy atom. The summed E-state index contributed by atoms with van der Waals surface area (Å²) < 4.78 is 5.42. The molecule has 4 heteroatoms. The maximum Gasteiger partial charge on any atom is 0.410 e. The fraction of sp³-hybridized carbons (Fsp3) is 0.588. The Morgan fingerprint density at radius 3 is 2.67 bits per heavy atom. The molecule has 1 amide bonds. The maximum atomic E-state index is 12.3. The molecule has 0 bridgehead atoms. The molecule has 1 saturated heterocycles. The Morgan fingerprint density at radius 2 is 2.00 bits per heavy atom. The zero-order chi connectivity index (χ0) is 14.7. The molecule has 1 heterocycles. The molecular formula is C17H23NO3. The monoisotopic (exact) mass is 289 g/mol. The van der Waals surface area contributed by atoms with Gasteiger partial charge in [0.1, 0.15) is 6.61 Å². The molecule has 1 spiro atoms. The summed E-state index contributed by atoms with van der Waals surface area (Å²) in [5.41, 5.74) is 1.22. The zero-order valence-electron chi connectivity index (χ0n) is 12.3. The number of nitrogens with zero attached hydrogens (tertiary/aromatic N) is 1. The molecule has 4 nitrogen and oxygen atoms in total. The summed E-state index contributed by atoms with van der Waals surface area (Å²) in [6.45, 7) is 1.06. The van der Waals surface area contributed by atoms with Gasteiger partial charge in [0.05, 0.1) is 12.6 Å². The van der Waals surface area contributed by atoms with Gasteiger partial charge in [-0.1, -0.05) is 43.2 Å². The van der Waals surface area contributed by atoms with Crippen molar-refractivity contribution in [3.8, 4) is 0 Å². The van der Waals surface area contributed by atoms with Crippen molar-refractivity contribution in [3.05, 3.63) is 35.9 Å². The number of likely N-dealkylation sites (tertiary alicyclic amines) is 1.